The van der Waals surface area contributed by atoms with E-state index in [4.69, 9.17) is 5.26 Å². The Bertz CT molecular complexity index is 380. The van der Waals surface area contributed by atoms with Gasteiger partial charge in [0.25, 0.3) is 0 Å². The van der Waals surface area contributed by atoms with Crippen LogP contribution >= 0.6 is 0 Å². The number of nitrogens with zero attached hydrogens (tertiary/aromatic N) is 1. The first-order valence-electron chi connectivity index (χ1n) is 4.77. The second-order valence-electron chi connectivity index (χ2n) is 3.66. The molecule has 3 heteroatoms. The molecule has 0 fully saturated rings. The molecule has 0 aromatic heterocycles. The zero-order chi connectivity index (χ0) is 11.3. The highest BCUT2D eigenvalue weighted by Crippen LogP contribution is 2.28. The van der Waals surface area contributed by atoms with Crippen LogP contribution in [0, 0.1) is 11.3 Å². The topological polar surface area (TPSA) is 61.1 Å². The molecule has 1 atom stereocenters. The van der Waals surface area contributed by atoms with E-state index in [1.165, 1.54) is 0 Å². The lowest BCUT2D eigenvalue weighted by Crippen LogP contribution is -2.32. The predicted octanol–water partition coefficient (Wildman–Crippen LogP) is 2.33. The van der Waals surface area contributed by atoms with Gasteiger partial charge >= 0.3 is 5.97 Å². The fourth-order valence-corrected chi connectivity index (χ4v) is 1.49. The Kier molecular flexibility index (Phi) is 3.46. The summed E-state index contributed by atoms with van der Waals surface area (Å²) in [5, 5.41) is 17.7. The minimum absolute atomic E-state index is 0.248. The lowest BCUT2D eigenvalue weighted by atomic mass is 9.79. The van der Waals surface area contributed by atoms with Crippen LogP contribution in [-0.4, -0.2) is 11.1 Å². The molecular weight excluding hydrogens is 190 g/mol. The number of aliphatic carboxylic acids is 1. The maximum atomic E-state index is 11.2. The molecule has 1 aromatic carbocycles. The van der Waals surface area contributed by atoms with E-state index in [0.717, 1.165) is 5.56 Å². The summed E-state index contributed by atoms with van der Waals surface area (Å²) >= 11 is 0. The van der Waals surface area contributed by atoms with E-state index in [9.17, 15) is 9.90 Å². The van der Waals surface area contributed by atoms with Crippen molar-refractivity contribution in [3.63, 3.8) is 0 Å². The fraction of sp³-hybridized carbons (Fsp3) is 0.333. The standard InChI is InChI=1S/C12H13NO2/c1-12(11(14)15,8-5-9-13)10-6-3-2-4-7-10/h2-4,6-7H,5,8H2,1H3,(H,14,15). The Balaban J connectivity index is 3.03. The van der Waals surface area contributed by atoms with Gasteiger partial charge in [0.1, 0.15) is 0 Å². The maximum Gasteiger partial charge on any atom is 0.313 e. The van der Waals surface area contributed by atoms with Crippen LogP contribution in [0.3, 0.4) is 0 Å². The number of carboxylic acid groups (broad SMARTS) is 1. The summed E-state index contributed by atoms with van der Waals surface area (Å²) in [4.78, 5) is 11.2. The van der Waals surface area contributed by atoms with Gasteiger partial charge in [0, 0.05) is 6.42 Å². The lowest BCUT2D eigenvalue weighted by Gasteiger charge is -2.24. The Labute approximate surface area is 89.0 Å². The number of carbonyl (C=O) groups is 1. The monoisotopic (exact) mass is 203 g/mol. The molecule has 0 saturated carbocycles. The quantitative estimate of drug-likeness (QED) is 0.816. The summed E-state index contributed by atoms with van der Waals surface area (Å²) in [5.74, 6) is -0.885. The molecule has 1 aromatic rings. The van der Waals surface area contributed by atoms with E-state index in [0.29, 0.717) is 6.42 Å². The minimum Gasteiger partial charge on any atom is -0.481 e. The Hall–Kier alpha value is -1.82. The zero-order valence-electron chi connectivity index (χ0n) is 8.60. The van der Waals surface area contributed by atoms with Crippen LogP contribution in [-0.2, 0) is 10.2 Å². The fourth-order valence-electron chi connectivity index (χ4n) is 1.49. The van der Waals surface area contributed by atoms with Gasteiger partial charge < -0.3 is 5.11 Å². The van der Waals surface area contributed by atoms with Gasteiger partial charge in [-0.1, -0.05) is 30.3 Å². The van der Waals surface area contributed by atoms with Crippen LogP contribution in [0.4, 0.5) is 0 Å². The van der Waals surface area contributed by atoms with E-state index in [1.54, 1.807) is 19.1 Å². The van der Waals surface area contributed by atoms with E-state index in [-0.39, 0.29) is 6.42 Å². The van der Waals surface area contributed by atoms with Gasteiger partial charge in [-0.05, 0) is 18.9 Å². The molecule has 0 amide bonds. The first-order chi connectivity index (χ1) is 7.11. The maximum absolute atomic E-state index is 11.2. The van der Waals surface area contributed by atoms with Crippen molar-refractivity contribution in [1.82, 2.24) is 0 Å². The van der Waals surface area contributed by atoms with Crippen molar-refractivity contribution < 1.29 is 9.90 Å². The third-order valence-corrected chi connectivity index (χ3v) is 2.62. The van der Waals surface area contributed by atoms with Gasteiger partial charge in [0.15, 0.2) is 0 Å². The molecule has 0 saturated heterocycles. The molecule has 1 rings (SSSR count). The first kappa shape index (κ1) is 11.3. The summed E-state index contributed by atoms with van der Waals surface area (Å²) in [7, 11) is 0. The van der Waals surface area contributed by atoms with Gasteiger partial charge in [-0.25, -0.2) is 0 Å². The zero-order valence-corrected chi connectivity index (χ0v) is 8.60. The number of hydrogen-bond acceptors (Lipinski definition) is 2. The Morgan fingerprint density at radius 3 is 2.53 bits per heavy atom. The highest BCUT2D eigenvalue weighted by atomic mass is 16.4. The van der Waals surface area contributed by atoms with Crippen LogP contribution in [0.5, 0.6) is 0 Å². The number of nitriles is 1. The summed E-state index contributed by atoms with van der Waals surface area (Å²) < 4.78 is 0. The largest absolute Gasteiger partial charge is 0.481 e. The normalized spacial score (nSPS) is 13.9. The number of benzene rings is 1. The average molecular weight is 203 g/mol. The molecule has 0 aliphatic rings. The summed E-state index contributed by atoms with van der Waals surface area (Å²) in [6.45, 7) is 1.65. The molecule has 3 nitrogen and oxygen atoms in total. The van der Waals surface area contributed by atoms with Crippen molar-refractivity contribution in [2.24, 2.45) is 0 Å². The molecule has 0 bridgehead atoms. The van der Waals surface area contributed by atoms with Gasteiger partial charge in [0.05, 0.1) is 11.5 Å². The van der Waals surface area contributed by atoms with Gasteiger partial charge in [0.2, 0.25) is 0 Å². The van der Waals surface area contributed by atoms with Crippen LogP contribution in [0.25, 0.3) is 0 Å². The van der Waals surface area contributed by atoms with Crippen LogP contribution in [0.1, 0.15) is 25.3 Å². The van der Waals surface area contributed by atoms with Gasteiger partial charge in [-0.2, -0.15) is 5.26 Å². The Morgan fingerprint density at radius 2 is 2.07 bits per heavy atom. The van der Waals surface area contributed by atoms with E-state index < -0.39 is 11.4 Å². The van der Waals surface area contributed by atoms with Crippen LogP contribution in [0.2, 0.25) is 0 Å². The van der Waals surface area contributed by atoms with Crippen molar-refractivity contribution >= 4 is 5.97 Å². The molecular formula is C12H13NO2. The molecule has 0 radical (unpaired) electrons. The first-order valence-corrected chi connectivity index (χ1v) is 4.77. The highest BCUT2D eigenvalue weighted by Gasteiger charge is 2.34. The smallest absolute Gasteiger partial charge is 0.313 e. The van der Waals surface area contributed by atoms with Crippen molar-refractivity contribution in [2.75, 3.05) is 0 Å². The van der Waals surface area contributed by atoms with E-state index >= 15 is 0 Å². The third kappa shape index (κ3) is 2.35. The number of rotatable bonds is 4. The molecule has 0 spiro atoms. The third-order valence-electron chi connectivity index (χ3n) is 2.62. The molecule has 78 valence electrons. The van der Waals surface area contributed by atoms with E-state index in [2.05, 4.69) is 0 Å². The van der Waals surface area contributed by atoms with Crippen molar-refractivity contribution in [3.05, 3.63) is 35.9 Å². The SMILES string of the molecule is CC(CCC#N)(C(=O)O)c1ccccc1. The average Bonchev–Trinajstić information content (AvgIpc) is 2.27. The van der Waals surface area contributed by atoms with Crippen LogP contribution in [0.15, 0.2) is 30.3 Å². The summed E-state index contributed by atoms with van der Waals surface area (Å²) in [5.41, 5.74) is -0.218. The second kappa shape index (κ2) is 4.61. The number of carboxylic acids is 1. The Morgan fingerprint density at radius 1 is 1.47 bits per heavy atom. The second-order valence-corrected chi connectivity index (χ2v) is 3.66. The van der Waals surface area contributed by atoms with Gasteiger partial charge in [-0.3, -0.25) is 4.79 Å². The highest BCUT2D eigenvalue weighted by molar-refractivity contribution is 5.80. The minimum atomic E-state index is -0.961. The lowest BCUT2D eigenvalue weighted by molar-refractivity contribution is -0.143. The predicted molar refractivity (Wildman–Crippen MR) is 56.3 cm³/mol. The molecule has 0 heterocycles. The van der Waals surface area contributed by atoms with Gasteiger partial charge in [-0.15, -0.1) is 0 Å². The van der Waals surface area contributed by atoms with E-state index in [1.807, 2.05) is 24.3 Å². The molecule has 15 heavy (non-hydrogen) atoms. The van der Waals surface area contributed by atoms with Crippen LogP contribution < -0.4 is 0 Å². The molecule has 1 N–H and O–H groups in total. The molecule has 0 aliphatic heterocycles. The number of hydrogen-bond donors (Lipinski definition) is 1. The van der Waals surface area contributed by atoms with Crippen molar-refractivity contribution in [2.45, 2.75) is 25.2 Å². The molecule has 0 aliphatic carbocycles. The molecule has 1 unspecified atom stereocenters. The van der Waals surface area contributed by atoms with Crippen molar-refractivity contribution in [1.29, 1.82) is 5.26 Å². The summed E-state index contributed by atoms with van der Waals surface area (Å²) in [6.07, 6.45) is 0.584. The van der Waals surface area contributed by atoms with Crippen molar-refractivity contribution in [3.8, 4) is 6.07 Å². The summed E-state index contributed by atoms with van der Waals surface area (Å²) in [6, 6.07) is 11.0.